The summed E-state index contributed by atoms with van der Waals surface area (Å²) in [5.74, 6) is 0.337. The average Bonchev–Trinajstić information content (AvgIpc) is 3.47. The highest BCUT2D eigenvalue weighted by molar-refractivity contribution is 6.06. The van der Waals surface area contributed by atoms with E-state index in [4.69, 9.17) is 10.2 Å². The van der Waals surface area contributed by atoms with Crippen molar-refractivity contribution in [3.05, 3.63) is 48.6 Å². The molecule has 4 aromatic rings. The van der Waals surface area contributed by atoms with Crippen molar-refractivity contribution in [2.45, 2.75) is 12.8 Å². The Balaban J connectivity index is 1.46. The number of carbonyl (C=O) groups excluding carboxylic acids is 1. The van der Waals surface area contributed by atoms with Crippen LogP contribution in [0.5, 0.6) is 0 Å². The molecule has 1 saturated heterocycles. The number of nitrogens with two attached hydrogens (primary N) is 1. The lowest BCUT2D eigenvalue weighted by Crippen LogP contribution is -2.21. The number of rotatable bonds is 4. The number of aromatic nitrogens is 4. The molecule has 0 bridgehead atoms. The second kappa shape index (κ2) is 7.18. The molecule has 9 heteroatoms. The van der Waals surface area contributed by atoms with Crippen LogP contribution in [0.15, 0.2) is 47.3 Å². The number of nitrogens with zero attached hydrogens (tertiary/aromatic N) is 5. The van der Waals surface area contributed by atoms with Crippen LogP contribution in [0.3, 0.4) is 0 Å². The lowest BCUT2D eigenvalue weighted by Gasteiger charge is -2.21. The Morgan fingerprint density at radius 2 is 2.07 bits per heavy atom. The number of nitrogens with one attached hydrogen (secondary N) is 1. The molecular weight excluding hydrogens is 382 g/mol. The number of aryl methyl sites for hydroxylation is 1. The Morgan fingerprint density at radius 3 is 2.87 bits per heavy atom. The van der Waals surface area contributed by atoms with Crippen LogP contribution in [-0.4, -0.2) is 38.7 Å². The number of fused-ring (bicyclic) bond motifs is 1. The Morgan fingerprint density at radius 1 is 1.23 bits per heavy atom. The molecule has 1 aliphatic heterocycles. The van der Waals surface area contributed by atoms with Crippen molar-refractivity contribution in [1.82, 2.24) is 19.7 Å². The fourth-order valence-electron chi connectivity index (χ4n) is 3.78. The predicted molar refractivity (Wildman–Crippen MR) is 114 cm³/mol. The van der Waals surface area contributed by atoms with Gasteiger partial charge in [0.1, 0.15) is 12.1 Å². The zero-order valence-electron chi connectivity index (χ0n) is 16.5. The van der Waals surface area contributed by atoms with Crippen LogP contribution >= 0.6 is 0 Å². The van der Waals surface area contributed by atoms with Gasteiger partial charge in [-0.2, -0.15) is 5.10 Å². The predicted octanol–water partition coefficient (Wildman–Crippen LogP) is 3.06. The number of benzene rings is 1. The fraction of sp³-hybridized carbons (Fsp3) is 0.238. The van der Waals surface area contributed by atoms with Crippen LogP contribution in [0, 0.1) is 0 Å². The van der Waals surface area contributed by atoms with Crippen molar-refractivity contribution in [1.29, 1.82) is 0 Å². The molecule has 3 N–H and O–H groups in total. The fourth-order valence-corrected chi connectivity index (χ4v) is 3.78. The smallest absolute Gasteiger partial charge is 0.277 e. The molecule has 0 unspecified atom stereocenters. The van der Waals surface area contributed by atoms with Gasteiger partial charge < -0.3 is 20.4 Å². The van der Waals surface area contributed by atoms with Gasteiger partial charge in [0.2, 0.25) is 5.89 Å². The first kappa shape index (κ1) is 18.2. The summed E-state index contributed by atoms with van der Waals surface area (Å²) in [4.78, 5) is 23.5. The molecule has 0 radical (unpaired) electrons. The molecule has 0 saturated carbocycles. The van der Waals surface area contributed by atoms with Gasteiger partial charge in [0.05, 0.1) is 16.9 Å². The monoisotopic (exact) mass is 403 g/mol. The maximum absolute atomic E-state index is 12.9. The van der Waals surface area contributed by atoms with E-state index in [0.717, 1.165) is 48.2 Å². The van der Waals surface area contributed by atoms with Gasteiger partial charge in [-0.3, -0.25) is 9.48 Å². The summed E-state index contributed by atoms with van der Waals surface area (Å²) in [6.45, 7) is 1.91. The van der Waals surface area contributed by atoms with Gasteiger partial charge >= 0.3 is 0 Å². The van der Waals surface area contributed by atoms with Crippen LogP contribution in [-0.2, 0) is 7.05 Å². The van der Waals surface area contributed by atoms with E-state index >= 15 is 0 Å². The van der Waals surface area contributed by atoms with Crippen molar-refractivity contribution in [2.75, 3.05) is 29.0 Å². The number of hydrogen-bond acceptors (Lipinski definition) is 7. The summed E-state index contributed by atoms with van der Waals surface area (Å²) in [5, 5.41) is 8.47. The minimum absolute atomic E-state index is 0.194. The third-order valence-electron chi connectivity index (χ3n) is 5.20. The first-order valence-corrected chi connectivity index (χ1v) is 9.78. The van der Waals surface area contributed by atoms with Crippen molar-refractivity contribution < 1.29 is 9.21 Å². The van der Waals surface area contributed by atoms with Gasteiger partial charge in [-0.05, 0) is 37.1 Å². The second-order valence-corrected chi connectivity index (χ2v) is 7.39. The quantitative estimate of drug-likeness (QED) is 0.538. The van der Waals surface area contributed by atoms with E-state index in [-0.39, 0.29) is 11.6 Å². The highest BCUT2D eigenvalue weighted by atomic mass is 16.3. The van der Waals surface area contributed by atoms with Crippen LogP contribution in [0.25, 0.3) is 22.4 Å². The number of amides is 1. The SMILES string of the molecule is Cn1cc2cc(NC(=O)c3coc(-c4ccnc(N)c4)n3)c(N3CCCC3)cc2n1. The van der Waals surface area contributed by atoms with Crippen molar-refractivity contribution in [3.8, 4) is 11.5 Å². The Bertz CT molecular complexity index is 1240. The topological polar surface area (TPSA) is 115 Å². The van der Waals surface area contributed by atoms with Gasteiger partial charge in [-0.25, -0.2) is 9.97 Å². The molecule has 3 aromatic heterocycles. The summed E-state index contributed by atoms with van der Waals surface area (Å²) in [5.41, 5.74) is 9.18. The molecule has 1 amide bonds. The normalized spacial score (nSPS) is 13.8. The van der Waals surface area contributed by atoms with E-state index in [1.165, 1.54) is 6.26 Å². The molecule has 152 valence electrons. The second-order valence-electron chi connectivity index (χ2n) is 7.39. The Hall–Kier alpha value is -3.88. The first-order chi connectivity index (χ1) is 14.6. The third kappa shape index (κ3) is 3.34. The van der Waals surface area contributed by atoms with Gasteiger partial charge in [-0.1, -0.05) is 0 Å². The van der Waals surface area contributed by atoms with Crippen molar-refractivity contribution in [3.63, 3.8) is 0 Å². The molecule has 1 aromatic carbocycles. The standard InChI is InChI=1S/C21H21N7O2/c1-27-11-14-8-16(18(10-15(14)26-27)28-6-2-3-7-28)24-20(29)17-12-30-21(25-17)13-4-5-23-19(22)9-13/h4-5,8-12H,2-3,6-7H2,1H3,(H2,22,23)(H,24,29). The van der Waals surface area contributed by atoms with Crippen LogP contribution < -0.4 is 16.0 Å². The summed E-state index contributed by atoms with van der Waals surface area (Å²) >= 11 is 0. The highest BCUT2D eigenvalue weighted by Crippen LogP contribution is 2.33. The highest BCUT2D eigenvalue weighted by Gasteiger charge is 2.21. The van der Waals surface area contributed by atoms with E-state index in [9.17, 15) is 4.79 Å². The minimum Gasteiger partial charge on any atom is -0.444 e. The molecule has 0 aliphatic carbocycles. The Labute approximate surface area is 172 Å². The lowest BCUT2D eigenvalue weighted by molar-refractivity contribution is 0.102. The van der Waals surface area contributed by atoms with Crippen molar-refractivity contribution in [2.24, 2.45) is 7.05 Å². The molecular formula is C21H21N7O2. The largest absolute Gasteiger partial charge is 0.444 e. The molecule has 0 spiro atoms. The van der Waals surface area contributed by atoms with Crippen LogP contribution in [0.4, 0.5) is 17.2 Å². The van der Waals surface area contributed by atoms with Gasteiger partial charge in [0, 0.05) is 43.5 Å². The van der Waals surface area contributed by atoms with E-state index in [2.05, 4.69) is 25.3 Å². The number of carbonyl (C=O) groups is 1. The molecule has 9 nitrogen and oxygen atoms in total. The van der Waals surface area contributed by atoms with Crippen LogP contribution in [0.1, 0.15) is 23.3 Å². The third-order valence-corrected chi connectivity index (χ3v) is 5.20. The Kier molecular flexibility index (Phi) is 4.35. The molecule has 4 heterocycles. The maximum Gasteiger partial charge on any atom is 0.277 e. The zero-order chi connectivity index (χ0) is 20.7. The van der Waals surface area contributed by atoms with Crippen LogP contribution in [0.2, 0.25) is 0 Å². The summed E-state index contributed by atoms with van der Waals surface area (Å²) in [7, 11) is 1.89. The van der Waals surface area contributed by atoms with E-state index in [0.29, 0.717) is 17.3 Å². The molecule has 1 fully saturated rings. The van der Waals surface area contributed by atoms with E-state index in [1.807, 2.05) is 25.4 Å². The first-order valence-electron chi connectivity index (χ1n) is 9.78. The maximum atomic E-state index is 12.9. The summed E-state index contributed by atoms with van der Waals surface area (Å²) in [6.07, 6.45) is 7.12. The number of hydrogen-bond donors (Lipinski definition) is 2. The van der Waals surface area contributed by atoms with E-state index in [1.54, 1.807) is 23.0 Å². The molecule has 0 atom stereocenters. The number of nitrogen functional groups attached to an aromatic ring is 1. The number of oxazole rings is 1. The van der Waals surface area contributed by atoms with Crippen molar-refractivity contribution >= 4 is 34.0 Å². The summed E-state index contributed by atoms with van der Waals surface area (Å²) in [6, 6.07) is 7.36. The zero-order valence-corrected chi connectivity index (χ0v) is 16.5. The molecule has 5 rings (SSSR count). The van der Waals surface area contributed by atoms with Gasteiger partial charge in [-0.15, -0.1) is 0 Å². The van der Waals surface area contributed by atoms with Gasteiger partial charge in [0.25, 0.3) is 5.91 Å². The number of pyridine rings is 1. The molecule has 30 heavy (non-hydrogen) atoms. The molecule has 1 aliphatic rings. The van der Waals surface area contributed by atoms with E-state index < -0.39 is 0 Å². The van der Waals surface area contributed by atoms with Gasteiger partial charge in [0.15, 0.2) is 5.69 Å². The lowest BCUT2D eigenvalue weighted by atomic mass is 10.2. The minimum atomic E-state index is -0.337. The summed E-state index contributed by atoms with van der Waals surface area (Å²) < 4.78 is 7.26. The average molecular weight is 403 g/mol. The number of anilines is 3.